The quantitative estimate of drug-likeness (QED) is 0.372. The number of aryl methyl sites for hydroxylation is 1. The molecule has 0 aliphatic heterocycles. The fourth-order valence-electron chi connectivity index (χ4n) is 2.33. The Morgan fingerprint density at radius 2 is 1.92 bits per heavy atom. The molecule has 0 aliphatic carbocycles. The molecule has 2 aromatic rings. The number of anilines is 2. The number of aromatic nitrogens is 2. The summed E-state index contributed by atoms with van der Waals surface area (Å²) in [5.41, 5.74) is 8.74. The first kappa shape index (κ1) is 19.0. The van der Waals surface area contributed by atoms with Crippen molar-refractivity contribution in [2.75, 3.05) is 18.2 Å². The number of rotatable bonds is 5. The normalized spacial score (nSPS) is 12.0. The van der Waals surface area contributed by atoms with Gasteiger partial charge in [-0.3, -0.25) is 4.79 Å². The zero-order chi connectivity index (χ0) is 19.3. The maximum atomic E-state index is 12.4. The van der Waals surface area contributed by atoms with E-state index in [1.165, 1.54) is 11.7 Å². The van der Waals surface area contributed by atoms with E-state index in [-0.39, 0.29) is 17.5 Å². The van der Waals surface area contributed by atoms with Gasteiger partial charge in [-0.1, -0.05) is 18.2 Å². The second-order valence-electron chi connectivity index (χ2n) is 5.70. The Morgan fingerprint density at radius 3 is 2.50 bits per heavy atom. The highest BCUT2D eigenvalue weighted by atomic mass is 16.5. The molecule has 136 valence electrons. The predicted molar refractivity (Wildman–Crippen MR) is 101 cm³/mol. The molecule has 1 aromatic carbocycles. The Kier molecular flexibility index (Phi) is 5.95. The van der Waals surface area contributed by atoms with Gasteiger partial charge in [0.2, 0.25) is 5.82 Å². The van der Waals surface area contributed by atoms with E-state index in [1.807, 2.05) is 37.3 Å². The molecular formula is C19H22N4O3. The van der Waals surface area contributed by atoms with Gasteiger partial charge in [0.15, 0.2) is 5.82 Å². The molecule has 0 aliphatic rings. The molecule has 0 fully saturated rings. The van der Waals surface area contributed by atoms with Crippen molar-refractivity contribution >= 4 is 29.0 Å². The highest BCUT2D eigenvalue weighted by Gasteiger charge is 2.16. The largest absolute Gasteiger partial charge is 0.463 e. The van der Waals surface area contributed by atoms with Crippen molar-refractivity contribution in [1.29, 1.82) is 0 Å². The number of carbonyl (C=O) groups excluding carboxylic acids is 2. The van der Waals surface area contributed by atoms with Gasteiger partial charge in [0, 0.05) is 24.5 Å². The number of amides is 1. The highest BCUT2D eigenvalue weighted by Crippen LogP contribution is 2.19. The summed E-state index contributed by atoms with van der Waals surface area (Å²) in [6.45, 7) is 3.61. The average Bonchev–Trinajstić information content (AvgIpc) is 2.99. The van der Waals surface area contributed by atoms with E-state index in [2.05, 4.69) is 15.0 Å². The molecule has 7 nitrogen and oxygen atoms in total. The van der Waals surface area contributed by atoms with Crippen LogP contribution in [0, 0.1) is 0 Å². The van der Waals surface area contributed by atoms with Crippen LogP contribution in [0.3, 0.4) is 0 Å². The van der Waals surface area contributed by atoms with Crippen molar-refractivity contribution in [2.24, 2.45) is 7.05 Å². The summed E-state index contributed by atoms with van der Waals surface area (Å²) in [6.07, 6.45) is 5.25. The van der Waals surface area contributed by atoms with Crippen molar-refractivity contribution in [1.82, 2.24) is 9.55 Å². The fourth-order valence-corrected chi connectivity index (χ4v) is 2.33. The predicted octanol–water partition coefficient (Wildman–Crippen LogP) is 2.78. The van der Waals surface area contributed by atoms with Crippen molar-refractivity contribution in [3.05, 3.63) is 59.6 Å². The van der Waals surface area contributed by atoms with Crippen LogP contribution in [0.4, 0.5) is 11.5 Å². The average molecular weight is 354 g/mol. The molecule has 0 unspecified atom stereocenters. The summed E-state index contributed by atoms with van der Waals surface area (Å²) in [5.74, 6) is -0.491. The summed E-state index contributed by atoms with van der Waals surface area (Å²) >= 11 is 0. The van der Waals surface area contributed by atoms with Gasteiger partial charge in [0.25, 0.3) is 5.91 Å². The van der Waals surface area contributed by atoms with Gasteiger partial charge in [0.1, 0.15) is 0 Å². The molecule has 0 saturated heterocycles. The molecule has 7 heteroatoms. The number of ether oxygens (including phenoxy) is 1. The number of allylic oxidation sites excluding steroid dienone is 3. The number of benzene rings is 1. The minimum Gasteiger partial charge on any atom is -0.463 e. The van der Waals surface area contributed by atoms with Crippen LogP contribution in [0.5, 0.6) is 0 Å². The van der Waals surface area contributed by atoms with E-state index in [0.29, 0.717) is 11.3 Å². The fraction of sp³-hybridized carbons (Fsp3) is 0.211. The third-order valence-corrected chi connectivity index (χ3v) is 3.77. The number of methoxy groups -OCH3 is 1. The zero-order valence-corrected chi connectivity index (χ0v) is 15.2. The zero-order valence-electron chi connectivity index (χ0n) is 15.2. The molecule has 0 spiro atoms. The Hall–Kier alpha value is -3.35. The minimum absolute atomic E-state index is 0.112. The Balaban J connectivity index is 2.17. The molecule has 1 amide bonds. The Bertz CT molecular complexity index is 877. The molecule has 26 heavy (non-hydrogen) atoms. The van der Waals surface area contributed by atoms with Crippen LogP contribution in [0.2, 0.25) is 0 Å². The lowest BCUT2D eigenvalue weighted by Gasteiger charge is -2.06. The van der Waals surface area contributed by atoms with Gasteiger partial charge in [-0.2, -0.15) is 0 Å². The van der Waals surface area contributed by atoms with Crippen LogP contribution >= 0.6 is 0 Å². The highest BCUT2D eigenvalue weighted by molar-refractivity contribution is 6.04. The van der Waals surface area contributed by atoms with Crippen LogP contribution in [0.15, 0.2) is 48.2 Å². The molecule has 0 saturated carbocycles. The molecule has 1 aromatic heterocycles. The summed E-state index contributed by atoms with van der Waals surface area (Å²) in [6, 6.07) is 7.41. The standard InChI is InChI=1S/C19H22N4O3/c1-5-13(14-6-8-15(20)9-7-14)10-12(2)18(24)22-16-11-23(3)17(21-16)19(25)26-4/h5-11H,20H2,1-4H3,(H,22,24)/b12-10+,13-5+. The molecule has 0 bridgehead atoms. The van der Waals surface area contributed by atoms with Crippen LogP contribution in [0.25, 0.3) is 5.57 Å². The van der Waals surface area contributed by atoms with Crippen LogP contribution in [-0.4, -0.2) is 28.5 Å². The van der Waals surface area contributed by atoms with Gasteiger partial charge < -0.3 is 20.4 Å². The number of hydrogen-bond acceptors (Lipinski definition) is 5. The van der Waals surface area contributed by atoms with Crippen LogP contribution in [0.1, 0.15) is 30.0 Å². The monoisotopic (exact) mass is 354 g/mol. The van der Waals surface area contributed by atoms with E-state index in [1.54, 1.807) is 26.2 Å². The van der Waals surface area contributed by atoms with E-state index >= 15 is 0 Å². The van der Waals surface area contributed by atoms with Crippen molar-refractivity contribution in [2.45, 2.75) is 13.8 Å². The maximum absolute atomic E-state index is 12.4. The molecule has 0 atom stereocenters. The molecule has 2 rings (SSSR count). The van der Waals surface area contributed by atoms with Gasteiger partial charge in [-0.25, -0.2) is 9.78 Å². The third-order valence-electron chi connectivity index (χ3n) is 3.77. The Morgan fingerprint density at radius 1 is 1.27 bits per heavy atom. The van der Waals surface area contributed by atoms with E-state index in [9.17, 15) is 9.59 Å². The van der Waals surface area contributed by atoms with Crippen molar-refractivity contribution < 1.29 is 14.3 Å². The summed E-state index contributed by atoms with van der Waals surface area (Å²) < 4.78 is 6.14. The number of imidazole rings is 1. The van der Waals surface area contributed by atoms with Gasteiger partial charge >= 0.3 is 5.97 Å². The first-order valence-electron chi connectivity index (χ1n) is 7.99. The summed E-state index contributed by atoms with van der Waals surface area (Å²) in [7, 11) is 2.93. The third kappa shape index (κ3) is 4.38. The maximum Gasteiger partial charge on any atom is 0.374 e. The van der Waals surface area contributed by atoms with E-state index < -0.39 is 5.97 Å². The lowest BCUT2D eigenvalue weighted by molar-refractivity contribution is -0.112. The number of esters is 1. The lowest BCUT2D eigenvalue weighted by Crippen LogP contribution is -2.13. The van der Waals surface area contributed by atoms with Crippen molar-refractivity contribution in [3.63, 3.8) is 0 Å². The second kappa shape index (κ2) is 8.15. The molecule has 0 radical (unpaired) electrons. The minimum atomic E-state index is -0.570. The van der Waals surface area contributed by atoms with Crippen LogP contribution < -0.4 is 11.1 Å². The van der Waals surface area contributed by atoms with Crippen molar-refractivity contribution in [3.8, 4) is 0 Å². The second-order valence-corrected chi connectivity index (χ2v) is 5.70. The summed E-state index contributed by atoms with van der Waals surface area (Å²) in [5, 5.41) is 2.68. The van der Waals surface area contributed by atoms with Gasteiger partial charge in [-0.05, 0) is 43.2 Å². The van der Waals surface area contributed by atoms with Gasteiger partial charge in [0.05, 0.1) is 7.11 Å². The number of nitrogens with zero attached hydrogens (tertiary/aromatic N) is 2. The van der Waals surface area contributed by atoms with E-state index in [4.69, 9.17) is 5.73 Å². The number of hydrogen-bond donors (Lipinski definition) is 2. The SMILES string of the molecule is C/C=C(\C=C(/C)C(=O)Nc1cn(C)c(C(=O)OC)n1)c1ccc(N)cc1. The summed E-state index contributed by atoms with van der Waals surface area (Å²) in [4.78, 5) is 28.1. The van der Waals surface area contributed by atoms with E-state index in [0.717, 1.165) is 11.1 Å². The Labute approximate surface area is 152 Å². The number of carbonyl (C=O) groups is 2. The van der Waals surface area contributed by atoms with Gasteiger partial charge in [-0.15, -0.1) is 0 Å². The van der Waals surface area contributed by atoms with Crippen LogP contribution in [-0.2, 0) is 16.6 Å². The molecule has 3 N–H and O–H groups in total. The molecule has 1 heterocycles. The number of nitrogens with two attached hydrogens (primary N) is 1. The molecular weight excluding hydrogens is 332 g/mol. The first-order valence-corrected chi connectivity index (χ1v) is 7.99. The number of nitrogens with one attached hydrogen (secondary N) is 1. The first-order chi connectivity index (χ1) is 12.3. The smallest absolute Gasteiger partial charge is 0.374 e. The topological polar surface area (TPSA) is 99.2 Å². The lowest BCUT2D eigenvalue weighted by atomic mass is 10.0. The number of nitrogen functional groups attached to an aromatic ring is 1.